The van der Waals surface area contributed by atoms with Gasteiger partial charge < -0.3 is 14.8 Å². The molecule has 0 bridgehead atoms. The molecule has 0 saturated heterocycles. The van der Waals surface area contributed by atoms with Crippen molar-refractivity contribution in [2.45, 2.75) is 6.92 Å². The third-order valence-corrected chi connectivity index (χ3v) is 5.04. The van der Waals surface area contributed by atoms with Gasteiger partial charge in [0, 0.05) is 5.56 Å². The van der Waals surface area contributed by atoms with Crippen LogP contribution in [0.5, 0.6) is 5.75 Å². The summed E-state index contributed by atoms with van der Waals surface area (Å²) >= 11 is 7.43. The highest BCUT2D eigenvalue weighted by Gasteiger charge is 2.12. The first-order valence-corrected chi connectivity index (χ1v) is 9.39. The van der Waals surface area contributed by atoms with Crippen molar-refractivity contribution in [2.75, 3.05) is 25.6 Å². The molecule has 0 fully saturated rings. The van der Waals surface area contributed by atoms with E-state index in [9.17, 15) is 9.59 Å². The number of rotatable bonds is 7. The van der Waals surface area contributed by atoms with E-state index in [4.69, 9.17) is 21.1 Å². The number of carbonyl (C=O) groups excluding carboxylic acids is 2. The zero-order valence-electron chi connectivity index (χ0n) is 14.7. The Hall–Kier alpha value is -2.64. The summed E-state index contributed by atoms with van der Waals surface area (Å²) in [5, 5.41) is 4.00. The molecule has 0 aliphatic carbocycles. The molecule has 1 aromatic heterocycles. The lowest BCUT2D eigenvalue weighted by atomic mass is 10.1. The summed E-state index contributed by atoms with van der Waals surface area (Å²) < 4.78 is 10.9. The zero-order valence-corrected chi connectivity index (χ0v) is 16.3. The molecule has 0 saturated carbocycles. The summed E-state index contributed by atoms with van der Waals surface area (Å²) in [5.74, 6) is 0.0321. The molecule has 140 valence electrons. The summed E-state index contributed by atoms with van der Waals surface area (Å²) in [6.07, 6.45) is 0. The number of thiazole rings is 1. The van der Waals surface area contributed by atoms with E-state index >= 15 is 0 Å². The number of halogens is 1. The number of aromatic nitrogens is 1. The lowest BCUT2D eigenvalue weighted by molar-refractivity contribution is 0.0526. The fourth-order valence-corrected chi connectivity index (χ4v) is 3.60. The number of Topliss-reactive ketones (excluding diaryl/α,β-unsaturated/α-hetero) is 1. The largest absolute Gasteiger partial charge is 0.495 e. The predicted octanol–water partition coefficient (Wildman–Crippen LogP) is 4.43. The standard InChI is InChI=1S/C19H17ClN2O4S/c1-3-26-18(24)12-4-6-14-17(9-12)27-19(22-14)21-10-15(23)11-5-7-16(25-2)13(20)8-11/h4-9H,3,10H2,1-2H3,(H,21,22). The predicted molar refractivity (Wildman–Crippen MR) is 106 cm³/mol. The second-order valence-electron chi connectivity index (χ2n) is 5.55. The highest BCUT2D eigenvalue weighted by molar-refractivity contribution is 7.22. The van der Waals surface area contributed by atoms with Crippen LogP contribution in [0.4, 0.5) is 5.13 Å². The molecular weight excluding hydrogens is 388 g/mol. The highest BCUT2D eigenvalue weighted by atomic mass is 35.5. The van der Waals surface area contributed by atoms with Crippen LogP contribution in [-0.4, -0.2) is 37.0 Å². The molecule has 3 aromatic rings. The lowest BCUT2D eigenvalue weighted by Crippen LogP contribution is -2.13. The number of fused-ring (bicyclic) bond motifs is 1. The van der Waals surface area contributed by atoms with Crippen LogP contribution in [0.1, 0.15) is 27.6 Å². The average Bonchev–Trinajstić information content (AvgIpc) is 3.08. The van der Waals surface area contributed by atoms with E-state index in [1.54, 1.807) is 43.3 Å². The van der Waals surface area contributed by atoms with Gasteiger partial charge in [0.05, 0.1) is 41.1 Å². The maximum atomic E-state index is 12.4. The number of esters is 1. The van der Waals surface area contributed by atoms with E-state index in [1.165, 1.54) is 18.4 Å². The average molecular weight is 405 g/mol. The Morgan fingerprint density at radius 1 is 1.19 bits per heavy atom. The number of carbonyl (C=O) groups is 2. The van der Waals surface area contributed by atoms with E-state index in [0.29, 0.717) is 33.6 Å². The fraction of sp³-hybridized carbons (Fsp3) is 0.211. The minimum absolute atomic E-state index is 0.0766. The first-order valence-electron chi connectivity index (χ1n) is 8.20. The Morgan fingerprint density at radius 3 is 2.67 bits per heavy atom. The van der Waals surface area contributed by atoms with Crippen LogP contribution in [0.2, 0.25) is 5.02 Å². The second-order valence-corrected chi connectivity index (χ2v) is 6.99. The van der Waals surface area contributed by atoms with Crippen molar-refractivity contribution >= 4 is 50.0 Å². The summed E-state index contributed by atoms with van der Waals surface area (Å²) in [6.45, 7) is 2.16. The third kappa shape index (κ3) is 4.37. The van der Waals surface area contributed by atoms with Crippen LogP contribution in [0.3, 0.4) is 0 Å². The maximum absolute atomic E-state index is 12.4. The molecular formula is C19H17ClN2O4S. The topological polar surface area (TPSA) is 77.5 Å². The van der Waals surface area contributed by atoms with Crippen LogP contribution >= 0.6 is 22.9 Å². The molecule has 0 unspecified atom stereocenters. The number of nitrogens with one attached hydrogen (secondary N) is 1. The molecule has 27 heavy (non-hydrogen) atoms. The van der Waals surface area contributed by atoms with Gasteiger partial charge in [0.2, 0.25) is 0 Å². The van der Waals surface area contributed by atoms with Crippen LogP contribution in [-0.2, 0) is 4.74 Å². The number of hydrogen-bond acceptors (Lipinski definition) is 7. The molecule has 0 amide bonds. The number of nitrogens with zero attached hydrogens (tertiary/aromatic N) is 1. The molecule has 0 aliphatic rings. The van der Waals surface area contributed by atoms with Gasteiger partial charge in [-0.2, -0.15) is 0 Å². The molecule has 3 rings (SSSR count). The summed E-state index contributed by atoms with van der Waals surface area (Å²) in [5.41, 5.74) is 1.71. The zero-order chi connectivity index (χ0) is 19.4. The van der Waals surface area contributed by atoms with Gasteiger partial charge in [-0.1, -0.05) is 22.9 Å². The summed E-state index contributed by atoms with van der Waals surface area (Å²) in [7, 11) is 1.52. The first-order chi connectivity index (χ1) is 13.0. The Balaban J connectivity index is 1.70. The van der Waals surface area contributed by atoms with E-state index in [-0.39, 0.29) is 18.3 Å². The molecule has 2 aromatic carbocycles. The number of ether oxygens (including phenoxy) is 2. The molecule has 8 heteroatoms. The van der Waals surface area contributed by atoms with E-state index < -0.39 is 0 Å². The first kappa shape index (κ1) is 19.1. The van der Waals surface area contributed by atoms with E-state index in [2.05, 4.69) is 10.3 Å². The Morgan fingerprint density at radius 2 is 1.96 bits per heavy atom. The Bertz CT molecular complexity index is 1000. The van der Waals surface area contributed by atoms with Crippen LogP contribution in [0.25, 0.3) is 10.2 Å². The van der Waals surface area contributed by atoms with Gasteiger partial charge in [-0.25, -0.2) is 9.78 Å². The molecule has 0 aliphatic heterocycles. The third-order valence-electron chi connectivity index (χ3n) is 3.77. The molecule has 0 spiro atoms. The molecule has 1 heterocycles. The van der Waals surface area contributed by atoms with Gasteiger partial charge in [-0.3, -0.25) is 4.79 Å². The van der Waals surface area contributed by atoms with Gasteiger partial charge >= 0.3 is 5.97 Å². The van der Waals surface area contributed by atoms with Gasteiger partial charge in [-0.15, -0.1) is 0 Å². The number of anilines is 1. The normalized spacial score (nSPS) is 10.6. The van der Waals surface area contributed by atoms with Gasteiger partial charge in [-0.05, 0) is 43.3 Å². The Kier molecular flexibility index (Phi) is 5.93. The second kappa shape index (κ2) is 8.37. The number of methoxy groups -OCH3 is 1. The monoisotopic (exact) mass is 404 g/mol. The number of ketones is 1. The van der Waals surface area contributed by atoms with Crippen molar-refractivity contribution < 1.29 is 19.1 Å². The van der Waals surface area contributed by atoms with Crippen LogP contribution in [0.15, 0.2) is 36.4 Å². The van der Waals surface area contributed by atoms with Crippen molar-refractivity contribution in [1.29, 1.82) is 0 Å². The lowest BCUT2D eigenvalue weighted by Gasteiger charge is -2.06. The molecule has 1 N–H and O–H groups in total. The van der Waals surface area contributed by atoms with Crippen molar-refractivity contribution in [3.8, 4) is 5.75 Å². The molecule has 6 nitrogen and oxygen atoms in total. The van der Waals surface area contributed by atoms with Crippen LogP contribution < -0.4 is 10.1 Å². The maximum Gasteiger partial charge on any atom is 0.338 e. The highest BCUT2D eigenvalue weighted by Crippen LogP contribution is 2.28. The van der Waals surface area contributed by atoms with E-state index in [1.807, 2.05) is 0 Å². The number of benzene rings is 2. The van der Waals surface area contributed by atoms with Crippen molar-refractivity contribution in [3.63, 3.8) is 0 Å². The van der Waals surface area contributed by atoms with Crippen molar-refractivity contribution in [2.24, 2.45) is 0 Å². The summed E-state index contributed by atoms with van der Waals surface area (Å²) in [6, 6.07) is 10.1. The van der Waals surface area contributed by atoms with Gasteiger partial charge in [0.25, 0.3) is 0 Å². The minimum atomic E-state index is -0.367. The van der Waals surface area contributed by atoms with Crippen LogP contribution in [0, 0.1) is 0 Å². The van der Waals surface area contributed by atoms with Gasteiger partial charge in [0.15, 0.2) is 10.9 Å². The summed E-state index contributed by atoms with van der Waals surface area (Å²) in [4.78, 5) is 28.6. The molecule has 0 radical (unpaired) electrons. The SMILES string of the molecule is CCOC(=O)c1ccc2nc(NCC(=O)c3ccc(OC)c(Cl)c3)sc2c1. The van der Waals surface area contributed by atoms with Gasteiger partial charge in [0.1, 0.15) is 5.75 Å². The number of hydrogen-bond donors (Lipinski definition) is 1. The van der Waals surface area contributed by atoms with E-state index in [0.717, 1.165) is 10.2 Å². The van der Waals surface area contributed by atoms with Crippen molar-refractivity contribution in [1.82, 2.24) is 4.98 Å². The van der Waals surface area contributed by atoms with Crippen molar-refractivity contribution in [3.05, 3.63) is 52.5 Å². The Labute approximate surface area is 165 Å². The smallest absolute Gasteiger partial charge is 0.338 e. The minimum Gasteiger partial charge on any atom is -0.495 e. The quantitative estimate of drug-likeness (QED) is 0.463. The molecule has 0 atom stereocenters. The fourth-order valence-electron chi connectivity index (χ4n) is 2.44.